The number of hydrogen-bond acceptors (Lipinski definition) is 4. The summed E-state index contributed by atoms with van der Waals surface area (Å²) in [7, 11) is 0. The minimum absolute atomic E-state index is 0.0211. The Morgan fingerprint density at radius 2 is 1.90 bits per heavy atom. The first-order valence-corrected chi connectivity index (χ1v) is 7.03. The molecule has 0 aliphatic carbocycles. The lowest BCUT2D eigenvalue weighted by molar-refractivity contribution is 0.0953. The summed E-state index contributed by atoms with van der Waals surface area (Å²) in [6.07, 6.45) is 4.20. The summed E-state index contributed by atoms with van der Waals surface area (Å²) in [4.78, 5) is 20.2. The number of anilines is 1. The molecule has 0 radical (unpaired) electrons. The molecular weight excluding hydrogens is 264 g/mol. The van der Waals surface area contributed by atoms with Gasteiger partial charge in [0.1, 0.15) is 0 Å². The minimum Gasteiger partial charge on any atom is -0.354 e. The van der Waals surface area contributed by atoms with Crippen molar-refractivity contribution in [1.82, 2.24) is 15.3 Å². The van der Waals surface area contributed by atoms with Gasteiger partial charge in [-0.05, 0) is 38.0 Å². The maximum Gasteiger partial charge on any atom is 0.251 e. The van der Waals surface area contributed by atoms with Gasteiger partial charge in [-0.25, -0.2) is 9.97 Å². The van der Waals surface area contributed by atoms with E-state index in [-0.39, 0.29) is 5.91 Å². The number of amides is 1. The molecule has 2 rings (SSSR count). The zero-order valence-electron chi connectivity index (χ0n) is 12.4. The van der Waals surface area contributed by atoms with Crippen LogP contribution in [0.5, 0.6) is 0 Å². The van der Waals surface area contributed by atoms with Gasteiger partial charge >= 0.3 is 0 Å². The highest BCUT2D eigenvalue weighted by atomic mass is 16.1. The molecule has 5 nitrogen and oxygen atoms in total. The summed E-state index contributed by atoms with van der Waals surface area (Å²) >= 11 is 0. The van der Waals surface area contributed by atoms with Gasteiger partial charge in [0.15, 0.2) is 0 Å². The quantitative estimate of drug-likeness (QED) is 0.799. The number of nitrogens with zero attached hydrogens (tertiary/aromatic N) is 2. The number of carbonyl (C=O) groups excluding carboxylic acids is 1. The van der Waals surface area contributed by atoms with Crippen molar-refractivity contribution >= 4 is 11.9 Å². The van der Waals surface area contributed by atoms with E-state index in [1.165, 1.54) is 0 Å². The van der Waals surface area contributed by atoms with E-state index in [1.807, 2.05) is 32.0 Å². The van der Waals surface area contributed by atoms with Crippen LogP contribution in [0.4, 0.5) is 5.95 Å². The Bertz CT molecular complexity index is 598. The highest BCUT2D eigenvalue weighted by Gasteiger charge is 2.08. The van der Waals surface area contributed by atoms with E-state index in [0.29, 0.717) is 12.5 Å². The fraction of sp³-hybridized carbons (Fsp3) is 0.312. The fourth-order valence-corrected chi connectivity index (χ4v) is 1.96. The first-order chi connectivity index (χ1) is 10.2. The van der Waals surface area contributed by atoms with Crippen LogP contribution in [-0.2, 0) is 0 Å². The van der Waals surface area contributed by atoms with Gasteiger partial charge in [0.05, 0.1) is 0 Å². The van der Waals surface area contributed by atoms with Gasteiger partial charge in [-0.2, -0.15) is 0 Å². The molecule has 0 bridgehead atoms. The molecule has 21 heavy (non-hydrogen) atoms. The van der Waals surface area contributed by atoms with Crippen LogP contribution in [0.1, 0.15) is 27.9 Å². The zero-order valence-corrected chi connectivity index (χ0v) is 12.4. The molecule has 1 aromatic carbocycles. The maximum atomic E-state index is 12.1. The highest BCUT2D eigenvalue weighted by molar-refractivity contribution is 5.95. The average molecular weight is 284 g/mol. The van der Waals surface area contributed by atoms with Crippen LogP contribution < -0.4 is 10.6 Å². The highest BCUT2D eigenvalue weighted by Crippen LogP contribution is 2.10. The van der Waals surface area contributed by atoms with Gasteiger partial charge in [-0.1, -0.05) is 17.7 Å². The third-order valence-corrected chi connectivity index (χ3v) is 3.13. The Labute approximate surface area is 124 Å². The molecule has 5 heteroatoms. The first kappa shape index (κ1) is 15.0. The van der Waals surface area contributed by atoms with Crippen LogP contribution in [0, 0.1) is 13.8 Å². The van der Waals surface area contributed by atoms with Crippen molar-refractivity contribution in [2.45, 2.75) is 20.3 Å². The lowest BCUT2D eigenvalue weighted by Crippen LogP contribution is -2.26. The predicted octanol–water partition coefficient (Wildman–Crippen LogP) is 2.33. The minimum atomic E-state index is -0.0211. The largest absolute Gasteiger partial charge is 0.354 e. The SMILES string of the molecule is Cc1ccc(C)c(C(=O)NCCCNc2ncccn2)c1. The molecule has 0 aliphatic heterocycles. The molecule has 0 aliphatic rings. The molecule has 0 atom stereocenters. The number of aryl methyl sites for hydroxylation is 2. The van der Waals surface area contributed by atoms with Crippen LogP contribution in [-0.4, -0.2) is 29.0 Å². The fourth-order valence-electron chi connectivity index (χ4n) is 1.96. The van der Waals surface area contributed by atoms with Gasteiger partial charge in [-0.15, -0.1) is 0 Å². The number of hydrogen-bond donors (Lipinski definition) is 2. The van der Waals surface area contributed by atoms with E-state index in [4.69, 9.17) is 0 Å². The van der Waals surface area contributed by atoms with Crippen molar-refractivity contribution in [3.8, 4) is 0 Å². The molecular formula is C16H20N4O. The lowest BCUT2D eigenvalue weighted by atomic mass is 10.1. The van der Waals surface area contributed by atoms with Gasteiger partial charge in [0.25, 0.3) is 5.91 Å². The van der Waals surface area contributed by atoms with Crippen molar-refractivity contribution < 1.29 is 4.79 Å². The Morgan fingerprint density at radius 1 is 1.14 bits per heavy atom. The Balaban J connectivity index is 1.73. The molecule has 1 heterocycles. The maximum absolute atomic E-state index is 12.1. The predicted molar refractivity (Wildman–Crippen MR) is 83.4 cm³/mol. The second-order valence-electron chi connectivity index (χ2n) is 4.93. The van der Waals surface area contributed by atoms with Crippen molar-refractivity contribution in [3.63, 3.8) is 0 Å². The number of rotatable bonds is 6. The van der Waals surface area contributed by atoms with E-state index in [1.54, 1.807) is 18.5 Å². The second kappa shape index (κ2) is 7.38. The Kier molecular flexibility index (Phi) is 5.26. The summed E-state index contributed by atoms with van der Waals surface area (Å²) in [5.41, 5.74) is 2.83. The monoisotopic (exact) mass is 284 g/mol. The van der Waals surface area contributed by atoms with E-state index in [2.05, 4.69) is 20.6 Å². The summed E-state index contributed by atoms with van der Waals surface area (Å²) in [6, 6.07) is 7.67. The van der Waals surface area contributed by atoms with Crippen molar-refractivity contribution in [2.24, 2.45) is 0 Å². The molecule has 2 N–H and O–H groups in total. The summed E-state index contributed by atoms with van der Waals surface area (Å²) in [6.45, 7) is 5.27. The van der Waals surface area contributed by atoms with Crippen LogP contribution in [0.3, 0.4) is 0 Å². The third kappa shape index (κ3) is 4.56. The summed E-state index contributed by atoms with van der Waals surface area (Å²) in [5, 5.41) is 6.04. The van der Waals surface area contributed by atoms with Crippen LogP contribution in [0.2, 0.25) is 0 Å². The van der Waals surface area contributed by atoms with Crippen molar-refractivity contribution in [3.05, 3.63) is 53.3 Å². The zero-order chi connectivity index (χ0) is 15.1. The molecule has 0 fully saturated rings. The molecule has 0 spiro atoms. The molecule has 0 saturated carbocycles. The summed E-state index contributed by atoms with van der Waals surface area (Å²) in [5.74, 6) is 0.588. The van der Waals surface area contributed by atoms with Crippen LogP contribution >= 0.6 is 0 Å². The van der Waals surface area contributed by atoms with Gasteiger partial charge in [-0.3, -0.25) is 4.79 Å². The van der Waals surface area contributed by atoms with Gasteiger partial charge < -0.3 is 10.6 Å². The number of carbonyl (C=O) groups is 1. The first-order valence-electron chi connectivity index (χ1n) is 7.03. The smallest absolute Gasteiger partial charge is 0.251 e. The van der Waals surface area contributed by atoms with E-state index < -0.39 is 0 Å². The molecule has 2 aromatic rings. The average Bonchev–Trinajstić information content (AvgIpc) is 2.50. The lowest BCUT2D eigenvalue weighted by Gasteiger charge is -2.09. The van der Waals surface area contributed by atoms with Gasteiger partial charge in [0, 0.05) is 31.0 Å². The van der Waals surface area contributed by atoms with Crippen molar-refractivity contribution in [2.75, 3.05) is 18.4 Å². The van der Waals surface area contributed by atoms with E-state index in [0.717, 1.165) is 29.7 Å². The molecule has 0 unspecified atom stereocenters. The Morgan fingerprint density at radius 3 is 2.67 bits per heavy atom. The summed E-state index contributed by atoms with van der Waals surface area (Å²) < 4.78 is 0. The molecule has 1 aromatic heterocycles. The van der Waals surface area contributed by atoms with Crippen LogP contribution in [0.25, 0.3) is 0 Å². The van der Waals surface area contributed by atoms with E-state index in [9.17, 15) is 4.79 Å². The third-order valence-electron chi connectivity index (χ3n) is 3.13. The van der Waals surface area contributed by atoms with Crippen LogP contribution in [0.15, 0.2) is 36.7 Å². The topological polar surface area (TPSA) is 66.9 Å². The number of aromatic nitrogens is 2. The number of nitrogens with one attached hydrogen (secondary N) is 2. The number of benzene rings is 1. The molecule has 110 valence electrons. The van der Waals surface area contributed by atoms with E-state index >= 15 is 0 Å². The molecule has 1 amide bonds. The van der Waals surface area contributed by atoms with Crippen molar-refractivity contribution in [1.29, 1.82) is 0 Å². The Hall–Kier alpha value is -2.43. The van der Waals surface area contributed by atoms with Gasteiger partial charge in [0.2, 0.25) is 5.95 Å². The normalized spacial score (nSPS) is 10.2. The molecule has 0 saturated heterocycles. The standard InChI is InChI=1S/C16H20N4O/c1-12-5-6-13(2)14(11-12)15(21)17-7-3-8-18-16-19-9-4-10-20-16/h4-6,9-11H,3,7-8H2,1-2H3,(H,17,21)(H,18,19,20). The second-order valence-corrected chi connectivity index (χ2v) is 4.93.